The molecular formula is C44H42F5N3O7. The fourth-order valence-electron chi connectivity index (χ4n) is 7.36. The second kappa shape index (κ2) is 18.7. The Morgan fingerprint density at radius 3 is 2.27 bits per heavy atom. The Labute approximate surface area is 337 Å². The first-order valence-electron chi connectivity index (χ1n) is 18.8. The molecule has 0 saturated heterocycles. The van der Waals surface area contributed by atoms with Crippen LogP contribution >= 0.6 is 0 Å². The highest BCUT2D eigenvalue weighted by Gasteiger charge is 2.43. The van der Waals surface area contributed by atoms with Crippen molar-refractivity contribution >= 4 is 17.9 Å². The molecule has 1 unspecified atom stereocenters. The number of benzene rings is 4. The van der Waals surface area contributed by atoms with Gasteiger partial charge < -0.3 is 24.3 Å². The molecule has 1 aliphatic heterocycles. The SMILES string of the molecule is CCOC(=O)COCCNC(c1ccccc1)[C@@H]1CN(C(=O)OCc2ccccc2)c2c(Cc3c(F)cccc3C(F)(F)F)c(C)c(-c3cccc(OC)c3F)c(=O)n21. The molecule has 0 saturated carbocycles. The number of rotatable bonds is 15. The maximum Gasteiger partial charge on any atom is 0.416 e. The third-order valence-electron chi connectivity index (χ3n) is 10.1. The average Bonchev–Trinajstić information content (AvgIpc) is 3.62. The Hall–Kier alpha value is -6.06. The zero-order chi connectivity index (χ0) is 42.3. The van der Waals surface area contributed by atoms with Crippen LogP contribution in [-0.2, 0) is 38.2 Å². The Morgan fingerprint density at radius 1 is 0.898 bits per heavy atom. The van der Waals surface area contributed by atoms with E-state index in [1.54, 1.807) is 67.6 Å². The molecule has 0 fully saturated rings. The number of halogens is 5. The van der Waals surface area contributed by atoms with Crippen LogP contribution in [0.25, 0.3) is 11.1 Å². The van der Waals surface area contributed by atoms with Gasteiger partial charge in [-0.2, -0.15) is 13.2 Å². The van der Waals surface area contributed by atoms with Crippen molar-refractivity contribution in [3.63, 3.8) is 0 Å². The fourth-order valence-corrected chi connectivity index (χ4v) is 7.36. The molecule has 1 aromatic heterocycles. The topological polar surface area (TPSA) is 108 Å². The summed E-state index contributed by atoms with van der Waals surface area (Å²) < 4.78 is 98.1. The Morgan fingerprint density at radius 2 is 1.59 bits per heavy atom. The van der Waals surface area contributed by atoms with E-state index in [2.05, 4.69) is 5.32 Å². The van der Waals surface area contributed by atoms with Crippen molar-refractivity contribution in [2.24, 2.45) is 0 Å². The lowest BCUT2D eigenvalue weighted by molar-refractivity contribution is -0.148. The number of esters is 1. The van der Waals surface area contributed by atoms with Crippen molar-refractivity contribution in [3.05, 3.63) is 152 Å². The third-order valence-corrected chi connectivity index (χ3v) is 10.1. The first kappa shape index (κ1) is 42.5. The van der Waals surface area contributed by atoms with Crippen LogP contribution in [0.15, 0.2) is 102 Å². The molecule has 1 amide bonds. The van der Waals surface area contributed by atoms with Gasteiger partial charge in [0, 0.05) is 29.7 Å². The summed E-state index contributed by atoms with van der Waals surface area (Å²) in [4.78, 5) is 42.5. The monoisotopic (exact) mass is 819 g/mol. The first-order chi connectivity index (χ1) is 28.3. The molecule has 0 aliphatic carbocycles. The van der Waals surface area contributed by atoms with E-state index in [9.17, 15) is 22.8 Å². The van der Waals surface area contributed by atoms with Gasteiger partial charge in [-0.3, -0.25) is 14.3 Å². The number of carbonyl (C=O) groups is 2. The number of alkyl halides is 3. The number of amides is 1. The molecule has 2 atom stereocenters. The summed E-state index contributed by atoms with van der Waals surface area (Å²) in [6.07, 6.45) is -6.65. The van der Waals surface area contributed by atoms with Crippen LogP contribution in [-0.4, -0.2) is 56.6 Å². The normalized spacial score (nSPS) is 14.2. The number of aromatic nitrogens is 1. The van der Waals surface area contributed by atoms with Crippen LogP contribution in [0.1, 0.15) is 52.4 Å². The lowest BCUT2D eigenvalue weighted by Gasteiger charge is -2.28. The molecule has 4 aromatic carbocycles. The van der Waals surface area contributed by atoms with Gasteiger partial charge in [-0.15, -0.1) is 0 Å². The molecule has 15 heteroatoms. The summed E-state index contributed by atoms with van der Waals surface area (Å²) in [5, 5.41) is 3.36. The highest BCUT2D eigenvalue weighted by molar-refractivity contribution is 5.90. The van der Waals surface area contributed by atoms with Gasteiger partial charge in [0.2, 0.25) is 0 Å². The van der Waals surface area contributed by atoms with Crippen LogP contribution < -0.4 is 20.5 Å². The van der Waals surface area contributed by atoms with Crippen LogP contribution in [0.2, 0.25) is 0 Å². The number of methoxy groups -OCH3 is 1. The van der Waals surface area contributed by atoms with Crippen LogP contribution in [0.5, 0.6) is 5.75 Å². The molecule has 0 bridgehead atoms. The van der Waals surface area contributed by atoms with Crippen molar-refractivity contribution < 1.29 is 50.5 Å². The Balaban J connectivity index is 1.58. The van der Waals surface area contributed by atoms with Gasteiger partial charge in [0.05, 0.1) is 50.1 Å². The van der Waals surface area contributed by atoms with E-state index in [4.69, 9.17) is 18.9 Å². The summed E-state index contributed by atoms with van der Waals surface area (Å²) in [5.74, 6) is -2.97. The highest BCUT2D eigenvalue weighted by Crippen LogP contribution is 2.44. The maximum atomic E-state index is 16.2. The van der Waals surface area contributed by atoms with Gasteiger partial charge in [0.25, 0.3) is 5.56 Å². The van der Waals surface area contributed by atoms with Gasteiger partial charge >= 0.3 is 18.2 Å². The largest absolute Gasteiger partial charge is 0.494 e. The zero-order valence-electron chi connectivity index (χ0n) is 32.5. The van der Waals surface area contributed by atoms with E-state index >= 15 is 13.6 Å². The molecule has 0 radical (unpaired) electrons. The molecule has 10 nitrogen and oxygen atoms in total. The van der Waals surface area contributed by atoms with Crippen LogP contribution in [0, 0.1) is 18.6 Å². The standard InChI is InChI=1S/C44H42F5N3O7/c1-4-58-37(53)26-57-22-21-50-40(29-15-9-6-10-16-29)35-24-51(43(55)59-25-28-13-7-5-8-14-28)41-31(23-32-33(44(47,48)49)18-12-19-34(32)45)27(2)38(42(54)52(35)41)30-17-11-20-36(56-3)39(30)46/h5-20,35,40,50H,4,21-26H2,1-3H3/t35-,40?/m0/s1. The number of anilines is 1. The van der Waals surface area contributed by atoms with E-state index in [0.717, 1.165) is 23.1 Å². The smallest absolute Gasteiger partial charge is 0.416 e. The average molecular weight is 820 g/mol. The molecule has 1 N–H and O–H groups in total. The quantitative estimate of drug-likeness (QED) is 0.0639. The maximum absolute atomic E-state index is 16.2. The lowest BCUT2D eigenvalue weighted by atomic mass is 9.91. The predicted octanol–water partition coefficient (Wildman–Crippen LogP) is 8.33. The molecule has 310 valence electrons. The van der Waals surface area contributed by atoms with Gasteiger partial charge in [0.15, 0.2) is 11.6 Å². The number of ether oxygens (including phenoxy) is 4. The van der Waals surface area contributed by atoms with Gasteiger partial charge in [0.1, 0.15) is 24.8 Å². The van der Waals surface area contributed by atoms with E-state index in [-0.39, 0.29) is 73.3 Å². The number of pyridine rings is 1. The van der Waals surface area contributed by atoms with E-state index in [1.165, 1.54) is 36.8 Å². The fraction of sp³-hybridized carbons (Fsp3) is 0.295. The minimum atomic E-state index is -4.98. The third kappa shape index (κ3) is 9.31. The number of hydrogen-bond donors (Lipinski definition) is 1. The summed E-state index contributed by atoms with van der Waals surface area (Å²) in [6, 6.07) is 22.6. The first-order valence-corrected chi connectivity index (χ1v) is 18.8. The van der Waals surface area contributed by atoms with E-state index < -0.39 is 65.1 Å². The lowest BCUT2D eigenvalue weighted by Crippen LogP contribution is -2.38. The number of nitrogens with zero attached hydrogens (tertiary/aromatic N) is 2. The minimum absolute atomic E-state index is 0.0166. The van der Waals surface area contributed by atoms with Gasteiger partial charge in [-0.05, 0) is 48.7 Å². The molecule has 6 rings (SSSR count). The van der Waals surface area contributed by atoms with Gasteiger partial charge in [-0.25, -0.2) is 18.4 Å². The summed E-state index contributed by atoms with van der Waals surface area (Å²) in [6.45, 7) is 2.66. The van der Waals surface area contributed by atoms with E-state index in [0.29, 0.717) is 11.1 Å². The molecule has 0 spiro atoms. The Bertz CT molecular complexity index is 2340. The van der Waals surface area contributed by atoms with Crippen molar-refractivity contribution in [3.8, 4) is 16.9 Å². The van der Waals surface area contributed by atoms with Gasteiger partial charge in [-0.1, -0.05) is 78.9 Å². The minimum Gasteiger partial charge on any atom is -0.494 e. The number of carbonyl (C=O) groups excluding carboxylic acids is 2. The summed E-state index contributed by atoms with van der Waals surface area (Å²) >= 11 is 0. The number of fused-ring (bicyclic) bond motifs is 1. The van der Waals surface area contributed by atoms with Crippen molar-refractivity contribution in [2.45, 2.75) is 45.1 Å². The zero-order valence-corrected chi connectivity index (χ0v) is 32.5. The summed E-state index contributed by atoms with van der Waals surface area (Å²) in [7, 11) is 1.24. The van der Waals surface area contributed by atoms with Crippen LogP contribution in [0.3, 0.4) is 0 Å². The predicted molar refractivity (Wildman–Crippen MR) is 209 cm³/mol. The molecular weight excluding hydrogens is 777 g/mol. The highest BCUT2D eigenvalue weighted by atomic mass is 19.4. The molecule has 59 heavy (non-hydrogen) atoms. The number of nitrogens with one attached hydrogen (secondary N) is 1. The molecule has 2 heterocycles. The second-order valence-electron chi connectivity index (χ2n) is 13.7. The second-order valence-corrected chi connectivity index (χ2v) is 13.7. The van der Waals surface area contributed by atoms with E-state index in [1.807, 2.05) is 0 Å². The van der Waals surface area contributed by atoms with Crippen LogP contribution in [0.4, 0.5) is 32.6 Å². The van der Waals surface area contributed by atoms with Crippen molar-refractivity contribution in [2.75, 3.05) is 44.9 Å². The van der Waals surface area contributed by atoms with Crippen molar-refractivity contribution in [1.82, 2.24) is 9.88 Å². The summed E-state index contributed by atoms with van der Waals surface area (Å²) in [5.41, 5.74) is -1.94. The molecule has 5 aromatic rings. The van der Waals surface area contributed by atoms with Crippen molar-refractivity contribution in [1.29, 1.82) is 0 Å². The Kier molecular flexibility index (Phi) is 13.5. The number of hydrogen-bond acceptors (Lipinski definition) is 8. The molecule has 1 aliphatic rings.